The SMILES string of the molecule is O=S(=O)(c1ccccc1)N1CC1(c1ccccc1)c1ccccc1. The first-order chi connectivity index (χ1) is 11.7. The molecule has 0 aromatic heterocycles. The predicted octanol–water partition coefficient (Wildman–Crippen LogP) is 3.63. The quantitative estimate of drug-likeness (QED) is 0.683. The van der Waals surface area contributed by atoms with Crippen LogP contribution < -0.4 is 0 Å². The van der Waals surface area contributed by atoms with Crippen molar-refractivity contribution in [2.75, 3.05) is 6.54 Å². The van der Waals surface area contributed by atoms with Gasteiger partial charge in [0.15, 0.2) is 0 Å². The van der Waals surface area contributed by atoms with Gasteiger partial charge in [-0.3, -0.25) is 0 Å². The fraction of sp³-hybridized carbons (Fsp3) is 0.100. The lowest BCUT2D eigenvalue weighted by Crippen LogP contribution is -2.23. The average Bonchev–Trinajstić information content (AvgIpc) is 3.42. The maximum Gasteiger partial charge on any atom is 0.244 e. The summed E-state index contributed by atoms with van der Waals surface area (Å²) in [5.74, 6) is 0. The van der Waals surface area contributed by atoms with E-state index in [4.69, 9.17) is 0 Å². The highest BCUT2D eigenvalue weighted by atomic mass is 32.2. The Morgan fingerprint density at radius 2 is 1.08 bits per heavy atom. The van der Waals surface area contributed by atoms with Crippen LogP contribution in [0, 0.1) is 0 Å². The van der Waals surface area contributed by atoms with E-state index in [1.165, 1.54) is 0 Å². The normalized spacial score (nSPS) is 18.9. The van der Waals surface area contributed by atoms with E-state index in [9.17, 15) is 8.42 Å². The fourth-order valence-electron chi connectivity index (χ4n) is 3.25. The first-order valence-electron chi connectivity index (χ1n) is 7.85. The second-order valence-corrected chi connectivity index (χ2v) is 7.78. The standard InChI is InChI=1S/C20H17NO2S/c22-24(23,19-14-8-3-9-15-19)21-16-20(21,17-10-4-1-5-11-17)18-12-6-2-7-13-18/h1-15H,16H2. The van der Waals surface area contributed by atoms with Crippen LogP contribution in [0.2, 0.25) is 0 Å². The van der Waals surface area contributed by atoms with Crippen molar-refractivity contribution in [3.05, 3.63) is 102 Å². The van der Waals surface area contributed by atoms with E-state index in [2.05, 4.69) is 0 Å². The summed E-state index contributed by atoms with van der Waals surface area (Å²) in [6, 6.07) is 28.3. The molecule has 120 valence electrons. The molecule has 0 bridgehead atoms. The molecule has 1 unspecified atom stereocenters. The number of benzene rings is 3. The molecule has 3 nitrogen and oxygen atoms in total. The van der Waals surface area contributed by atoms with Gasteiger partial charge in [-0.2, -0.15) is 4.31 Å². The fourth-order valence-corrected chi connectivity index (χ4v) is 4.98. The van der Waals surface area contributed by atoms with Gasteiger partial charge in [-0.25, -0.2) is 8.42 Å². The van der Waals surface area contributed by atoms with E-state index in [1.807, 2.05) is 66.7 Å². The molecule has 0 aliphatic carbocycles. The Bertz CT molecular complexity index is 899. The molecule has 4 heteroatoms. The van der Waals surface area contributed by atoms with Crippen molar-refractivity contribution in [2.45, 2.75) is 10.4 Å². The second-order valence-electron chi connectivity index (χ2n) is 5.92. The van der Waals surface area contributed by atoms with Crippen LogP contribution in [0.15, 0.2) is 95.9 Å². The highest BCUT2D eigenvalue weighted by molar-refractivity contribution is 7.89. The van der Waals surface area contributed by atoms with Crippen molar-refractivity contribution in [3.63, 3.8) is 0 Å². The minimum absolute atomic E-state index is 0.332. The van der Waals surface area contributed by atoms with Crippen LogP contribution in [0.4, 0.5) is 0 Å². The number of sulfonamides is 1. The van der Waals surface area contributed by atoms with Crippen molar-refractivity contribution in [3.8, 4) is 0 Å². The lowest BCUT2D eigenvalue weighted by molar-refractivity contribution is 0.534. The Kier molecular flexibility index (Phi) is 3.52. The van der Waals surface area contributed by atoms with Gasteiger partial charge in [0.25, 0.3) is 0 Å². The van der Waals surface area contributed by atoms with E-state index >= 15 is 0 Å². The van der Waals surface area contributed by atoms with E-state index in [-0.39, 0.29) is 0 Å². The van der Waals surface area contributed by atoms with Crippen LogP contribution in [-0.2, 0) is 15.6 Å². The summed E-state index contributed by atoms with van der Waals surface area (Å²) < 4.78 is 27.7. The van der Waals surface area contributed by atoms with Crippen molar-refractivity contribution < 1.29 is 8.42 Å². The summed E-state index contributed by atoms with van der Waals surface area (Å²) in [4.78, 5) is 0.332. The molecule has 0 radical (unpaired) electrons. The summed E-state index contributed by atoms with van der Waals surface area (Å²) in [6.07, 6.45) is 0. The van der Waals surface area contributed by atoms with Gasteiger partial charge >= 0.3 is 0 Å². The third-order valence-corrected chi connectivity index (χ3v) is 6.42. The van der Waals surface area contributed by atoms with Crippen LogP contribution in [0.3, 0.4) is 0 Å². The Balaban J connectivity index is 1.85. The zero-order valence-corrected chi connectivity index (χ0v) is 13.9. The topological polar surface area (TPSA) is 37.1 Å². The third kappa shape index (κ3) is 2.27. The monoisotopic (exact) mass is 335 g/mol. The van der Waals surface area contributed by atoms with Gasteiger partial charge in [-0.1, -0.05) is 78.9 Å². The zero-order chi connectivity index (χ0) is 16.6. The molecule has 0 N–H and O–H groups in total. The zero-order valence-electron chi connectivity index (χ0n) is 13.0. The molecule has 4 rings (SSSR count). The summed E-state index contributed by atoms with van der Waals surface area (Å²) in [6.45, 7) is 0.457. The van der Waals surface area contributed by atoms with Gasteiger partial charge in [0, 0.05) is 6.54 Å². The van der Waals surface area contributed by atoms with Crippen LogP contribution >= 0.6 is 0 Å². The van der Waals surface area contributed by atoms with Gasteiger partial charge in [-0.05, 0) is 23.3 Å². The summed E-state index contributed by atoms with van der Waals surface area (Å²) >= 11 is 0. The summed E-state index contributed by atoms with van der Waals surface area (Å²) in [5.41, 5.74) is 1.38. The smallest absolute Gasteiger partial charge is 0.207 e. The molecule has 24 heavy (non-hydrogen) atoms. The first kappa shape index (κ1) is 15.1. The largest absolute Gasteiger partial charge is 0.244 e. The predicted molar refractivity (Wildman–Crippen MR) is 94.0 cm³/mol. The Morgan fingerprint density at radius 3 is 1.54 bits per heavy atom. The highest BCUT2D eigenvalue weighted by Gasteiger charge is 2.61. The van der Waals surface area contributed by atoms with Crippen molar-refractivity contribution in [1.29, 1.82) is 0 Å². The molecule has 1 fully saturated rings. The van der Waals surface area contributed by atoms with Crippen LogP contribution in [-0.4, -0.2) is 19.3 Å². The van der Waals surface area contributed by atoms with Gasteiger partial charge in [-0.15, -0.1) is 0 Å². The molecule has 1 aliphatic rings. The van der Waals surface area contributed by atoms with E-state index in [0.29, 0.717) is 11.4 Å². The van der Waals surface area contributed by atoms with Crippen LogP contribution in [0.1, 0.15) is 11.1 Å². The lowest BCUT2D eigenvalue weighted by Gasteiger charge is -2.19. The molecule has 1 heterocycles. The minimum Gasteiger partial charge on any atom is -0.207 e. The number of hydrogen-bond donors (Lipinski definition) is 0. The summed E-state index contributed by atoms with van der Waals surface area (Å²) in [7, 11) is -3.54. The number of hydrogen-bond acceptors (Lipinski definition) is 2. The summed E-state index contributed by atoms with van der Waals surface area (Å²) in [5, 5.41) is 0. The first-order valence-corrected chi connectivity index (χ1v) is 9.29. The van der Waals surface area contributed by atoms with Crippen molar-refractivity contribution in [2.24, 2.45) is 0 Å². The van der Waals surface area contributed by atoms with Gasteiger partial charge in [0.2, 0.25) is 10.0 Å². The van der Waals surface area contributed by atoms with Gasteiger partial charge in [0.1, 0.15) is 0 Å². The second kappa shape index (κ2) is 5.58. The average molecular weight is 335 g/mol. The van der Waals surface area contributed by atoms with Crippen molar-refractivity contribution in [1.82, 2.24) is 4.31 Å². The Hall–Kier alpha value is -2.43. The van der Waals surface area contributed by atoms with Crippen molar-refractivity contribution >= 4 is 10.0 Å². The molecular formula is C20H17NO2S. The number of nitrogens with zero attached hydrogens (tertiary/aromatic N) is 1. The Morgan fingerprint density at radius 1 is 0.667 bits per heavy atom. The van der Waals surface area contributed by atoms with E-state index in [1.54, 1.807) is 28.6 Å². The molecule has 0 amide bonds. The van der Waals surface area contributed by atoms with Gasteiger partial charge in [0.05, 0.1) is 10.4 Å². The Labute approximate surface area is 142 Å². The van der Waals surface area contributed by atoms with Gasteiger partial charge < -0.3 is 0 Å². The highest BCUT2D eigenvalue weighted by Crippen LogP contribution is 2.51. The molecular weight excluding hydrogens is 318 g/mol. The van der Waals surface area contributed by atoms with Crippen LogP contribution in [0.5, 0.6) is 0 Å². The maximum absolute atomic E-state index is 13.1. The minimum atomic E-state index is -3.54. The molecule has 1 saturated heterocycles. The van der Waals surface area contributed by atoms with Crippen LogP contribution in [0.25, 0.3) is 0 Å². The molecule has 3 aromatic carbocycles. The number of rotatable bonds is 4. The molecule has 3 aromatic rings. The maximum atomic E-state index is 13.1. The molecule has 0 saturated carbocycles. The molecule has 1 aliphatic heterocycles. The van der Waals surface area contributed by atoms with E-state index < -0.39 is 15.6 Å². The molecule has 1 atom stereocenters. The molecule has 0 spiro atoms. The third-order valence-electron chi connectivity index (χ3n) is 4.53. The lowest BCUT2D eigenvalue weighted by atomic mass is 9.91. The van der Waals surface area contributed by atoms with E-state index in [0.717, 1.165) is 11.1 Å².